The van der Waals surface area contributed by atoms with Crippen LogP contribution in [0, 0.1) is 0 Å². The van der Waals surface area contributed by atoms with Crippen molar-refractivity contribution in [1.29, 1.82) is 0 Å². The molecule has 1 heterocycles. The summed E-state index contributed by atoms with van der Waals surface area (Å²) in [7, 11) is 0. The number of nitrogens with one attached hydrogen (secondary N) is 1. The fraction of sp³-hybridized carbons (Fsp3) is 0.286. The fourth-order valence-corrected chi connectivity index (χ4v) is 2.74. The lowest BCUT2D eigenvalue weighted by molar-refractivity contribution is -0.123. The molecule has 1 aromatic heterocycles. The second-order valence-electron chi connectivity index (χ2n) is 6.74. The van der Waals surface area contributed by atoms with Crippen LogP contribution in [-0.4, -0.2) is 22.7 Å². The van der Waals surface area contributed by atoms with E-state index in [2.05, 4.69) is 15.5 Å². The van der Waals surface area contributed by atoms with Crippen molar-refractivity contribution in [2.75, 3.05) is 6.61 Å². The van der Waals surface area contributed by atoms with E-state index in [4.69, 9.17) is 20.9 Å². The molecule has 1 atom stereocenters. The van der Waals surface area contributed by atoms with E-state index in [1.165, 1.54) is 0 Å². The number of hydrogen-bond acceptors (Lipinski definition) is 5. The highest BCUT2D eigenvalue weighted by Crippen LogP contribution is 2.29. The highest BCUT2D eigenvalue weighted by molar-refractivity contribution is 6.30. The fourth-order valence-electron chi connectivity index (χ4n) is 2.61. The third-order valence-electron chi connectivity index (χ3n) is 4.18. The average Bonchev–Trinajstić information content (AvgIpc) is 3.17. The van der Waals surface area contributed by atoms with Crippen LogP contribution < -0.4 is 10.1 Å². The quantitative estimate of drug-likeness (QED) is 0.619. The van der Waals surface area contributed by atoms with Crippen molar-refractivity contribution in [2.45, 2.75) is 32.7 Å². The minimum absolute atomic E-state index is 0.125. The molecule has 0 aliphatic carbocycles. The van der Waals surface area contributed by atoms with Gasteiger partial charge in [-0.05, 0) is 36.8 Å². The van der Waals surface area contributed by atoms with Crippen LogP contribution >= 0.6 is 11.6 Å². The molecule has 0 saturated carbocycles. The first-order valence-corrected chi connectivity index (χ1v) is 9.42. The molecule has 0 unspecified atom stereocenters. The summed E-state index contributed by atoms with van der Waals surface area (Å²) in [5, 5.41) is 7.54. The molecule has 3 rings (SSSR count). The van der Waals surface area contributed by atoms with Crippen LogP contribution in [0.4, 0.5) is 0 Å². The molecule has 3 aromatic rings. The van der Waals surface area contributed by atoms with Crippen LogP contribution in [0.3, 0.4) is 0 Å². The molecule has 28 heavy (non-hydrogen) atoms. The van der Waals surface area contributed by atoms with Crippen LogP contribution in [0.1, 0.15) is 44.1 Å². The number of rotatable bonds is 7. The lowest BCUT2D eigenvalue weighted by Gasteiger charge is -2.15. The summed E-state index contributed by atoms with van der Waals surface area (Å²) in [5.41, 5.74) is 1.62. The van der Waals surface area contributed by atoms with Crippen molar-refractivity contribution >= 4 is 17.5 Å². The van der Waals surface area contributed by atoms with Crippen molar-refractivity contribution in [2.24, 2.45) is 0 Å². The summed E-state index contributed by atoms with van der Waals surface area (Å²) < 4.78 is 11.1. The van der Waals surface area contributed by atoms with Crippen molar-refractivity contribution in [3.8, 4) is 17.2 Å². The van der Waals surface area contributed by atoms with Gasteiger partial charge in [0.05, 0.1) is 11.6 Å². The zero-order valence-corrected chi connectivity index (χ0v) is 16.7. The van der Waals surface area contributed by atoms with E-state index in [0.717, 1.165) is 5.56 Å². The number of aromatic nitrogens is 2. The monoisotopic (exact) mass is 399 g/mol. The second kappa shape index (κ2) is 8.89. The van der Waals surface area contributed by atoms with Gasteiger partial charge in [-0.15, -0.1) is 0 Å². The molecule has 2 aromatic carbocycles. The molecule has 1 amide bonds. The molecule has 0 spiro atoms. The largest absolute Gasteiger partial charge is 0.483 e. The minimum atomic E-state index is -0.231. The number of carbonyl (C=O) groups is 1. The molecule has 0 radical (unpaired) electrons. The molecule has 0 aliphatic rings. The van der Waals surface area contributed by atoms with Crippen molar-refractivity contribution in [1.82, 2.24) is 15.5 Å². The summed E-state index contributed by atoms with van der Waals surface area (Å²) >= 11 is 5.90. The summed E-state index contributed by atoms with van der Waals surface area (Å²) in [6.07, 6.45) is 0. The maximum Gasteiger partial charge on any atom is 0.261 e. The molecular weight excluding hydrogens is 378 g/mol. The maximum atomic E-state index is 12.3. The summed E-state index contributed by atoms with van der Waals surface area (Å²) in [4.78, 5) is 16.7. The Balaban J connectivity index is 1.64. The number of amides is 1. The Morgan fingerprint density at radius 1 is 1.14 bits per heavy atom. The van der Waals surface area contributed by atoms with Crippen LogP contribution in [-0.2, 0) is 4.79 Å². The smallest absolute Gasteiger partial charge is 0.261 e. The molecule has 6 nitrogen and oxygen atoms in total. The van der Waals surface area contributed by atoms with Gasteiger partial charge in [0, 0.05) is 10.9 Å². The number of nitrogens with zero attached hydrogens (tertiary/aromatic N) is 2. The molecule has 0 saturated heterocycles. The zero-order chi connectivity index (χ0) is 20.1. The molecule has 0 fully saturated rings. The predicted octanol–water partition coefficient (Wildman–Crippen LogP) is 4.77. The standard InChI is InChI=1S/C21H22ClN3O3/c1-13(2)20-24-21(28-25-20)17-6-4-5-7-18(17)27-12-19(26)23-14(3)15-8-10-16(22)11-9-15/h4-11,13-14H,12H2,1-3H3,(H,23,26)/t14-/m1/s1. The number of benzene rings is 2. The Bertz CT molecular complexity index is 938. The first-order chi connectivity index (χ1) is 13.4. The Hall–Kier alpha value is -2.86. The van der Waals surface area contributed by atoms with Gasteiger partial charge in [0.2, 0.25) is 0 Å². The van der Waals surface area contributed by atoms with Crippen LogP contribution in [0.2, 0.25) is 5.02 Å². The number of carbonyl (C=O) groups excluding carboxylic acids is 1. The Morgan fingerprint density at radius 3 is 2.54 bits per heavy atom. The van der Waals surface area contributed by atoms with Crippen molar-refractivity contribution in [3.63, 3.8) is 0 Å². The van der Waals surface area contributed by atoms with Crippen LogP contribution in [0.5, 0.6) is 5.75 Å². The number of hydrogen-bond donors (Lipinski definition) is 1. The summed E-state index contributed by atoms with van der Waals surface area (Å²) in [6, 6.07) is 14.5. The Kier molecular flexibility index (Phi) is 6.31. The molecule has 146 valence electrons. The Labute approximate surface area is 168 Å². The van der Waals surface area contributed by atoms with Crippen LogP contribution in [0.25, 0.3) is 11.5 Å². The molecule has 1 N–H and O–H groups in total. The van der Waals surface area contributed by atoms with E-state index in [9.17, 15) is 4.79 Å². The van der Waals surface area contributed by atoms with Gasteiger partial charge in [-0.2, -0.15) is 4.98 Å². The van der Waals surface area contributed by atoms with Gasteiger partial charge in [-0.3, -0.25) is 4.79 Å². The minimum Gasteiger partial charge on any atom is -0.483 e. The third-order valence-corrected chi connectivity index (χ3v) is 4.43. The van der Waals surface area contributed by atoms with Crippen molar-refractivity contribution in [3.05, 3.63) is 64.9 Å². The van der Waals surface area contributed by atoms with E-state index in [0.29, 0.717) is 28.1 Å². The van der Waals surface area contributed by atoms with E-state index >= 15 is 0 Å². The molecule has 0 bridgehead atoms. The van der Waals surface area contributed by atoms with E-state index < -0.39 is 0 Å². The first kappa shape index (κ1) is 19.9. The van der Waals surface area contributed by atoms with Gasteiger partial charge < -0.3 is 14.6 Å². The normalized spacial score (nSPS) is 12.0. The van der Waals surface area contributed by atoms with E-state index in [1.54, 1.807) is 18.2 Å². The van der Waals surface area contributed by atoms with Gasteiger partial charge in [0.1, 0.15) is 5.75 Å². The summed E-state index contributed by atoms with van der Waals surface area (Å²) in [6.45, 7) is 5.76. The molecular formula is C21H22ClN3O3. The van der Waals surface area contributed by atoms with Gasteiger partial charge in [-0.1, -0.05) is 54.9 Å². The summed E-state index contributed by atoms with van der Waals surface area (Å²) in [5.74, 6) is 1.43. The van der Waals surface area contributed by atoms with Gasteiger partial charge in [0.15, 0.2) is 12.4 Å². The highest BCUT2D eigenvalue weighted by Gasteiger charge is 2.16. The molecule has 7 heteroatoms. The van der Waals surface area contributed by atoms with E-state index in [-0.39, 0.29) is 24.5 Å². The number of halogens is 1. The zero-order valence-electron chi connectivity index (χ0n) is 16.0. The SMILES string of the molecule is CC(C)c1noc(-c2ccccc2OCC(=O)N[C@H](C)c2ccc(Cl)cc2)n1. The Morgan fingerprint density at radius 2 is 1.86 bits per heavy atom. The average molecular weight is 400 g/mol. The van der Waals surface area contributed by atoms with Gasteiger partial charge in [0.25, 0.3) is 11.8 Å². The van der Waals surface area contributed by atoms with Crippen molar-refractivity contribution < 1.29 is 14.1 Å². The third kappa shape index (κ3) is 4.89. The van der Waals surface area contributed by atoms with E-state index in [1.807, 2.05) is 51.1 Å². The highest BCUT2D eigenvalue weighted by atomic mass is 35.5. The van der Waals surface area contributed by atoms with Gasteiger partial charge >= 0.3 is 0 Å². The van der Waals surface area contributed by atoms with Crippen LogP contribution in [0.15, 0.2) is 53.1 Å². The predicted molar refractivity (Wildman–Crippen MR) is 107 cm³/mol. The lowest BCUT2D eigenvalue weighted by Crippen LogP contribution is -2.31. The number of ether oxygens (including phenoxy) is 1. The second-order valence-corrected chi connectivity index (χ2v) is 7.17. The first-order valence-electron chi connectivity index (χ1n) is 9.04. The number of para-hydroxylation sites is 1. The maximum absolute atomic E-state index is 12.3. The molecule has 0 aliphatic heterocycles. The topological polar surface area (TPSA) is 77.2 Å². The van der Waals surface area contributed by atoms with Gasteiger partial charge in [-0.25, -0.2) is 0 Å². The lowest BCUT2D eigenvalue weighted by atomic mass is 10.1.